The monoisotopic (exact) mass is 252 g/mol. The number of aromatic nitrogens is 1. The molecule has 1 aliphatic rings. The SMILES string of the molecule is CN(C(=O)Cn1cccc1C(=O)O)C1CCOC1. The van der Waals surface area contributed by atoms with Gasteiger partial charge in [-0.15, -0.1) is 0 Å². The summed E-state index contributed by atoms with van der Waals surface area (Å²) >= 11 is 0. The maximum atomic E-state index is 12.0. The van der Waals surface area contributed by atoms with Crippen LogP contribution in [-0.2, 0) is 16.1 Å². The molecule has 0 radical (unpaired) electrons. The molecule has 1 N–H and O–H groups in total. The standard InChI is InChI=1S/C12H16N2O4/c1-13(9-4-6-18-8-9)11(15)7-14-5-2-3-10(14)12(16)17/h2-3,5,9H,4,6-8H2,1H3,(H,16,17). The van der Waals surface area contributed by atoms with E-state index < -0.39 is 5.97 Å². The molecule has 1 unspecified atom stereocenters. The molecule has 1 fully saturated rings. The molecular weight excluding hydrogens is 236 g/mol. The fourth-order valence-corrected chi connectivity index (χ4v) is 2.03. The highest BCUT2D eigenvalue weighted by atomic mass is 16.5. The molecule has 6 nitrogen and oxygen atoms in total. The Kier molecular flexibility index (Phi) is 3.66. The number of aromatic carboxylic acids is 1. The molecule has 1 aliphatic heterocycles. The van der Waals surface area contributed by atoms with Gasteiger partial charge >= 0.3 is 5.97 Å². The summed E-state index contributed by atoms with van der Waals surface area (Å²) in [5.41, 5.74) is 0.124. The molecule has 1 aromatic rings. The topological polar surface area (TPSA) is 71.8 Å². The van der Waals surface area contributed by atoms with Crippen molar-refractivity contribution in [1.82, 2.24) is 9.47 Å². The smallest absolute Gasteiger partial charge is 0.352 e. The van der Waals surface area contributed by atoms with Crippen molar-refractivity contribution in [2.45, 2.75) is 19.0 Å². The van der Waals surface area contributed by atoms with Crippen molar-refractivity contribution in [1.29, 1.82) is 0 Å². The van der Waals surface area contributed by atoms with Crippen molar-refractivity contribution >= 4 is 11.9 Å². The molecule has 1 saturated heterocycles. The van der Waals surface area contributed by atoms with Gasteiger partial charge in [0.1, 0.15) is 12.2 Å². The van der Waals surface area contributed by atoms with Gasteiger partial charge in [0.15, 0.2) is 0 Å². The average molecular weight is 252 g/mol. The molecule has 0 bridgehead atoms. The molecule has 6 heteroatoms. The van der Waals surface area contributed by atoms with Gasteiger partial charge in [-0.1, -0.05) is 0 Å². The fourth-order valence-electron chi connectivity index (χ4n) is 2.03. The number of carboxylic acid groups (broad SMARTS) is 1. The molecule has 2 heterocycles. The van der Waals surface area contributed by atoms with Gasteiger partial charge in [-0.05, 0) is 18.6 Å². The first kappa shape index (κ1) is 12.6. The number of carbonyl (C=O) groups excluding carboxylic acids is 1. The van der Waals surface area contributed by atoms with E-state index in [0.717, 1.165) is 6.42 Å². The average Bonchev–Trinajstić information content (AvgIpc) is 2.98. The lowest BCUT2D eigenvalue weighted by Gasteiger charge is -2.23. The molecule has 18 heavy (non-hydrogen) atoms. The summed E-state index contributed by atoms with van der Waals surface area (Å²) in [4.78, 5) is 24.6. The van der Waals surface area contributed by atoms with Crippen molar-refractivity contribution in [3.63, 3.8) is 0 Å². The zero-order chi connectivity index (χ0) is 13.1. The summed E-state index contributed by atoms with van der Waals surface area (Å²) < 4.78 is 6.67. The second kappa shape index (κ2) is 5.22. The van der Waals surface area contributed by atoms with Gasteiger partial charge in [0.25, 0.3) is 0 Å². The molecule has 1 amide bonds. The van der Waals surface area contributed by atoms with Crippen LogP contribution in [0.3, 0.4) is 0 Å². The normalized spacial score (nSPS) is 18.8. The fraction of sp³-hybridized carbons (Fsp3) is 0.500. The second-order valence-corrected chi connectivity index (χ2v) is 4.35. The lowest BCUT2D eigenvalue weighted by atomic mass is 10.2. The number of ether oxygens (including phenoxy) is 1. The first-order chi connectivity index (χ1) is 8.59. The number of carbonyl (C=O) groups is 2. The zero-order valence-corrected chi connectivity index (χ0v) is 10.2. The summed E-state index contributed by atoms with van der Waals surface area (Å²) in [5.74, 6) is -1.14. The summed E-state index contributed by atoms with van der Waals surface area (Å²) in [6.45, 7) is 1.27. The van der Waals surface area contributed by atoms with E-state index >= 15 is 0 Å². The highest BCUT2D eigenvalue weighted by Gasteiger charge is 2.24. The van der Waals surface area contributed by atoms with Crippen LogP contribution in [0.1, 0.15) is 16.9 Å². The third-order valence-corrected chi connectivity index (χ3v) is 3.20. The highest BCUT2D eigenvalue weighted by Crippen LogP contribution is 2.12. The Hall–Kier alpha value is -1.82. The zero-order valence-electron chi connectivity index (χ0n) is 10.2. The number of likely N-dealkylation sites (N-methyl/N-ethyl adjacent to an activating group) is 1. The quantitative estimate of drug-likeness (QED) is 0.843. The van der Waals surface area contributed by atoms with Gasteiger partial charge in [0, 0.05) is 19.9 Å². The minimum absolute atomic E-state index is 0.0433. The molecule has 0 aromatic carbocycles. The van der Waals surface area contributed by atoms with Gasteiger partial charge in [0.05, 0.1) is 12.6 Å². The van der Waals surface area contributed by atoms with Crippen molar-refractivity contribution in [3.05, 3.63) is 24.0 Å². The van der Waals surface area contributed by atoms with Crippen molar-refractivity contribution in [2.24, 2.45) is 0 Å². The number of rotatable bonds is 4. The maximum absolute atomic E-state index is 12.0. The van der Waals surface area contributed by atoms with Crippen molar-refractivity contribution in [3.8, 4) is 0 Å². The predicted molar refractivity (Wildman–Crippen MR) is 63.4 cm³/mol. The molecule has 0 aliphatic carbocycles. The van der Waals surface area contributed by atoms with Crippen LogP contribution in [0.5, 0.6) is 0 Å². The van der Waals surface area contributed by atoms with Gasteiger partial charge in [-0.3, -0.25) is 4.79 Å². The van der Waals surface area contributed by atoms with Gasteiger partial charge in [-0.25, -0.2) is 4.79 Å². The van der Waals surface area contributed by atoms with E-state index in [2.05, 4.69) is 0 Å². The van der Waals surface area contributed by atoms with Crippen LogP contribution in [-0.4, -0.2) is 52.8 Å². The molecule has 98 valence electrons. The van der Waals surface area contributed by atoms with Crippen LogP contribution in [0, 0.1) is 0 Å². The van der Waals surface area contributed by atoms with Crippen LogP contribution in [0.2, 0.25) is 0 Å². The number of amides is 1. The largest absolute Gasteiger partial charge is 0.477 e. The minimum atomic E-state index is -1.03. The van der Waals surface area contributed by atoms with Crippen LogP contribution < -0.4 is 0 Å². The van der Waals surface area contributed by atoms with E-state index in [0.29, 0.717) is 13.2 Å². The number of hydrogen-bond acceptors (Lipinski definition) is 3. The second-order valence-electron chi connectivity index (χ2n) is 4.35. The van der Waals surface area contributed by atoms with E-state index in [1.54, 1.807) is 24.2 Å². The lowest BCUT2D eigenvalue weighted by Crippen LogP contribution is -2.39. The summed E-state index contributed by atoms with van der Waals surface area (Å²) in [6, 6.07) is 3.20. The molecule has 1 aromatic heterocycles. The van der Waals surface area contributed by atoms with Crippen molar-refractivity contribution in [2.75, 3.05) is 20.3 Å². The number of nitrogens with zero attached hydrogens (tertiary/aromatic N) is 2. The van der Waals surface area contributed by atoms with E-state index in [4.69, 9.17) is 9.84 Å². The van der Waals surface area contributed by atoms with Crippen LogP contribution in [0.15, 0.2) is 18.3 Å². The third kappa shape index (κ3) is 2.53. The van der Waals surface area contributed by atoms with E-state index in [-0.39, 0.29) is 24.2 Å². The Morgan fingerprint density at radius 1 is 1.61 bits per heavy atom. The lowest BCUT2D eigenvalue weighted by molar-refractivity contribution is -0.132. The molecular formula is C12H16N2O4. The molecule has 1 atom stereocenters. The Bertz CT molecular complexity index is 449. The van der Waals surface area contributed by atoms with Gasteiger partial charge in [0.2, 0.25) is 5.91 Å². The van der Waals surface area contributed by atoms with Crippen LogP contribution >= 0.6 is 0 Å². The summed E-state index contributed by atoms with van der Waals surface area (Å²) in [7, 11) is 1.73. The number of hydrogen-bond donors (Lipinski definition) is 1. The van der Waals surface area contributed by atoms with Crippen molar-refractivity contribution < 1.29 is 19.4 Å². The predicted octanol–water partition coefficient (Wildman–Crippen LogP) is 0.434. The molecule has 0 saturated carbocycles. The van der Waals surface area contributed by atoms with Gasteiger partial charge in [-0.2, -0.15) is 0 Å². The van der Waals surface area contributed by atoms with Crippen LogP contribution in [0.25, 0.3) is 0 Å². The summed E-state index contributed by atoms with van der Waals surface area (Å²) in [6.07, 6.45) is 2.43. The Balaban J connectivity index is 2.02. The van der Waals surface area contributed by atoms with E-state index in [1.165, 1.54) is 10.6 Å². The first-order valence-corrected chi connectivity index (χ1v) is 5.81. The minimum Gasteiger partial charge on any atom is -0.477 e. The Morgan fingerprint density at radius 3 is 3.00 bits per heavy atom. The van der Waals surface area contributed by atoms with E-state index in [1.807, 2.05) is 0 Å². The first-order valence-electron chi connectivity index (χ1n) is 5.81. The van der Waals surface area contributed by atoms with Gasteiger partial charge < -0.3 is 19.3 Å². The maximum Gasteiger partial charge on any atom is 0.352 e. The van der Waals surface area contributed by atoms with Crippen LogP contribution in [0.4, 0.5) is 0 Å². The summed E-state index contributed by atoms with van der Waals surface area (Å²) in [5, 5.41) is 8.95. The molecule has 0 spiro atoms. The highest BCUT2D eigenvalue weighted by molar-refractivity contribution is 5.86. The molecule has 2 rings (SSSR count). The van der Waals surface area contributed by atoms with E-state index in [9.17, 15) is 9.59 Å². The number of carboxylic acids is 1. The Morgan fingerprint density at radius 2 is 2.39 bits per heavy atom. The Labute approximate surface area is 105 Å². The third-order valence-electron chi connectivity index (χ3n) is 3.20.